The number of aryl methyl sites for hydroxylation is 1. The smallest absolute Gasteiger partial charge is 0.242 e. The summed E-state index contributed by atoms with van der Waals surface area (Å²) in [7, 11) is -3.87. The van der Waals surface area contributed by atoms with Crippen molar-refractivity contribution in [2.75, 3.05) is 5.32 Å². The molecule has 0 aliphatic heterocycles. The van der Waals surface area contributed by atoms with Gasteiger partial charge in [-0.05, 0) is 89.9 Å². The van der Waals surface area contributed by atoms with Gasteiger partial charge in [0.15, 0.2) is 0 Å². The SMILES string of the molecule is Cc1cccc(NC(=O)[C@H](Cc2ccccc2)NS(=O)(=O)c2ccc(I)cc2)c1C. The normalized spacial score (nSPS) is 12.4. The molecular weight excluding hydrogens is 511 g/mol. The molecule has 1 amide bonds. The summed E-state index contributed by atoms with van der Waals surface area (Å²) in [5.41, 5.74) is 3.53. The summed E-state index contributed by atoms with van der Waals surface area (Å²) >= 11 is 2.11. The first kappa shape index (κ1) is 22.5. The van der Waals surface area contributed by atoms with Crippen molar-refractivity contribution in [2.45, 2.75) is 31.2 Å². The summed E-state index contributed by atoms with van der Waals surface area (Å²) in [5, 5.41) is 2.89. The number of hydrogen-bond donors (Lipinski definition) is 2. The number of hydrogen-bond acceptors (Lipinski definition) is 3. The Hall–Kier alpha value is -2.23. The summed E-state index contributed by atoms with van der Waals surface area (Å²) in [6.45, 7) is 3.89. The van der Waals surface area contributed by atoms with E-state index in [1.165, 1.54) is 12.1 Å². The largest absolute Gasteiger partial charge is 0.324 e. The highest BCUT2D eigenvalue weighted by Crippen LogP contribution is 2.19. The van der Waals surface area contributed by atoms with Crippen molar-refractivity contribution < 1.29 is 13.2 Å². The number of halogens is 1. The second kappa shape index (κ2) is 9.72. The topological polar surface area (TPSA) is 75.3 Å². The van der Waals surface area contributed by atoms with Crippen LogP contribution in [-0.4, -0.2) is 20.4 Å². The van der Waals surface area contributed by atoms with E-state index in [2.05, 4.69) is 32.6 Å². The van der Waals surface area contributed by atoms with Gasteiger partial charge in [0.25, 0.3) is 0 Å². The van der Waals surface area contributed by atoms with Crippen LogP contribution in [0.5, 0.6) is 0 Å². The lowest BCUT2D eigenvalue weighted by atomic mass is 10.0. The molecule has 30 heavy (non-hydrogen) atoms. The number of sulfonamides is 1. The molecule has 0 saturated carbocycles. The molecule has 5 nitrogen and oxygen atoms in total. The van der Waals surface area contributed by atoms with Crippen molar-refractivity contribution in [2.24, 2.45) is 0 Å². The van der Waals surface area contributed by atoms with Crippen molar-refractivity contribution in [3.8, 4) is 0 Å². The molecule has 0 heterocycles. The molecular formula is C23H23IN2O3S. The van der Waals surface area contributed by atoms with Crippen LogP contribution >= 0.6 is 22.6 Å². The van der Waals surface area contributed by atoms with Gasteiger partial charge < -0.3 is 5.32 Å². The highest BCUT2D eigenvalue weighted by Gasteiger charge is 2.26. The number of carbonyl (C=O) groups excluding carboxylic acids is 1. The van der Waals surface area contributed by atoms with Gasteiger partial charge in [-0.2, -0.15) is 4.72 Å². The second-order valence-corrected chi connectivity index (χ2v) is 10.0. The summed E-state index contributed by atoms with van der Waals surface area (Å²) in [6.07, 6.45) is 0.237. The van der Waals surface area contributed by atoms with Gasteiger partial charge in [0.2, 0.25) is 15.9 Å². The first-order valence-corrected chi connectivity index (χ1v) is 12.0. The van der Waals surface area contributed by atoms with E-state index in [0.717, 1.165) is 20.3 Å². The van der Waals surface area contributed by atoms with E-state index in [4.69, 9.17) is 0 Å². The van der Waals surface area contributed by atoms with Crippen LogP contribution in [0.15, 0.2) is 77.7 Å². The monoisotopic (exact) mass is 534 g/mol. The number of rotatable bonds is 7. The van der Waals surface area contributed by atoms with Crippen LogP contribution in [0.4, 0.5) is 5.69 Å². The number of anilines is 1. The zero-order chi connectivity index (χ0) is 21.7. The van der Waals surface area contributed by atoms with Crippen LogP contribution in [0.25, 0.3) is 0 Å². The Morgan fingerprint density at radius 1 is 0.933 bits per heavy atom. The van der Waals surface area contributed by atoms with Gasteiger partial charge in [-0.3, -0.25) is 4.79 Å². The van der Waals surface area contributed by atoms with E-state index >= 15 is 0 Å². The molecule has 0 radical (unpaired) electrons. The third-order valence-electron chi connectivity index (χ3n) is 4.88. The molecule has 0 spiro atoms. The molecule has 0 bridgehead atoms. The molecule has 0 aliphatic carbocycles. The maximum Gasteiger partial charge on any atom is 0.242 e. The zero-order valence-corrected chi connectivity index (χ0v) is 19.7. The van der Waals surface area contributed by atoms with Gasteiger partial charge in [0, 0.05) is 9.26 Å². The quantitative estimate of drug-likeness (QED) is 0.441. The number of carbonyl (C=O) groups is 1. The van der Waals surface area contributed by atoms with Crippen LogP contribution in [-0.2, 0) is 21.2 Å². The van der Waals surface area contributed by atoms with Gasteiger partial charge in [-0.1, -0.05) is 42.5 Å². The summed E-state index contributed by atoms with van der Waals surface area (Å²) < 4.78 is 29.4. The molecule has 0 unspecified atom stereocenters. The van der Waals surface area contributed by atoms with Gasteiger partial charge >= 0.3 is 0 Å². The van der Waals surface area contributed by atoms with E-state index in [1.54, 1.807) is 12.1 Å². The maximum atomic E-state index is 13.1. The first-order chi connectivity index (χ1) is 14.3. The minimum atomic E-state index is -3.87. The molecule has 1 atom stereocenters. The third-order valence-corrected chi connectivity index (χ3v) is 7.09. The molecule has 7 heteroatoms. The molecule has 156 valence electrons. The van der Waals surface area contributed by atoms with Crippen LogP contribution in [0, 0.1) is 17.4 Å². The molecule has 0 fully saturated rings. The summed E-state index contributed by atoms with van der Waals surface area (Å²) in [5.74, 6) is -0.401. The fraction of sp³-hybridized carbons (Fsp3) is 0.174. The lowest BCUT2D eigenvalue weighted by Crippen LogP contribution is -2.45. The molecule has 0 aliphatic rings. The Kier molecular flexibility index (Phi) is 7.27. The lowest BCUT2D eigenvalue weighted by molar-refractivity contribution is -0.117. The Bertz CT molecular complexity index is 1130. The number of benzene rings is 3. The van der Waals surface area contributed by atoms with E-state index in [1.807, 2.05) is 62.4 Å². The lowest BCUT2D eigenvalue weighted by Gasteiger charge is -2.20. The summed E-state index contributed by atoms with van der Waals surface area (Å²) in [4.78, 5) is 13.2. The minimum absolute atomic E-state index is 0.125. The van der Waals surface area contributed by atoms with E-state index in [0.29, 0.717) is 5.69 Å². The highest BCUT2D eigenvalue weighted by atomic mass is 127. The van der Waals surface area contributed by atoms with Crippen LogP contribution < -0.4 is 10.0 Å². The maximum absolute atomic E-state index is 13.1. The molecule has 3 aromatic rings. The average Bonchev–Trinajstić information content (AvgIpc) is 2.72. The highest BCUT2D eigenvalue weighted by molar-refractivity contribution is 14.1. The van der Waals surface area contributed by atoms with E-state index in [9.17, 15) is 13.2 Å². The predicted molar refractivity (Wildman–Crippen MR) is 128 cm³/mol. The van der Waals surface area contributed by atoms with Crippen molar-refractivity contribution >= 4 is 44.2 Å². The zero-order valence-electron chi connectivity index (χ0n) is 16.7. The Labute approximate surface area is 191 Å². The van der Waals surface area contributed by atoms with Crippen LogP contribution in [0.2, 0.25) is 0 Å². The van der Waals surface area contributed by atoms with Crippen molar-refractivity contribution in [3.63, 3.8) is 0 Å². The Balaban J connectivity index is 1.88. The summed E-state index contributed by atoms with van der Waals surface area (Å²) in [6, 6.07) is 20.5. The first-order valence-electron chi connectivity index (χ1n) is 9.45. The van der Waals surface area contributed by atoms with Gasteiger partial charge in [-0.25, -0.2) is 8.42 Å². The molecule has 0 saturated heterocycles. The van der Waals surface area contributed by atoms with Gasteiger partial charge in [0.1, 0.15) is 6.04 Å². The molecule has 3 aromatic carbocycles. The van der Waals surface area contributed by atoms with Gasteiger partial charge in [0.05, 0.1) is 4.90 Å². The molecule has 3 rings (SSSR count). The average molecular weight is 534 g/mol. The Morgan fingerprint density at radius 3 is 2.27 bits per heavy atom. The predicted octanol–water partition coefficient (Wildman–Crippen LogP) is 4.44. The second-order valence-electron chi connectivity index (χ2n) is 7.05. The van der Waals surface area contributed by atoms with Crippen molar-refractivity contribution in [1.29, 1.82) is 0 Å². The van der Waals surface area contributed by atoms with Crippen molar-refractivity contribution in [3.05, 3.63) is 93.1 Å². The number of nitrogens with one attached hydrogen (secondary N) is 2. The van der Waals surface area contributed by atoms with Gasteiger partial charge in [-0.15, -0.1) is 0 Å². The number of amides is 1. The molecule has 2 N–H and O–H groups in total. The minimum Gasteiger partial charge on any atom is -0.324 e. The fourth-order valence-corrected chi connectivity index (χ4v) is 4.57. The standard InChI is InChI=1S/C23H23IN2O3S/c1-16-7-6-10-21(17(16)2)25-23(27)22(15-18-8-4-3-5-9-18)26-30(28,29)20-13-11-19(24)12-14-20/h3-14,22,26H,15H2,1-2H3,(H,25,27)/t22-/m0/s1. The third kappa shape index (κ3) is 5.68. The van der Waals surface area contributed by atoms with Crippen molar-refractivity contribution in [1.82, 2.24) is 4.72 Å². The van der Waals surface area contributed by atoms with Crippen LogP contribution in [0.3, 0.4) is 0 Å². The van der Waals surface area contributed by atoms with E-state index < -0.39 is 22.0 Å². The fourth-order valence-electron chi connectivity index (χ4n) is 3.01. The Morgan fingerprint density at radius 2 is 1.60 bits per heavy atom. The van der Waals surface area contributed by atoms with E-state index in [-0.39, 0.29) is 11.3 Å². The molecule has 0 aromatic heterocycles. The van der Waals surface area contributed by atoms with Crippen LogP contribution in [0.1, 0.15) is 16.7 Å².